The maximum Gasteiger partial charge on any atom is 0.229 e. The van der Waals surface area contributed by atoms with E-state index in [0.29, 0.717) is 17.5 Å². The van der Waals surface area contributed by atoms with Crippen molar-refractivity contribution < 1.29 is 9.90 Å². The molecule has 0 aromatic carbocycles. The molecule has 6 heteroatoms. The summed E-state index contributed by atoms with van der Waals surface area (Å²) in [5.41, 5.74) is 0.373. The van der Waals surface area contributed by atoms with Crippen molar-refractivity contribution in [3.05, 3.63) is 23.9 Å². The van der Waals surface area contributed by atoms with E-state index in [1.807, 2.05) is 0 Å². The van der Waals surface area contributed by atoms with E-state index in [2.05, 4.69) is 20.9 Å². The molecule has 1 aromatic rings. The van der Waals surface area contributed by atoms with Gasteiger partial charge in [-0.3, -0.25) is 4.79 Å². The van der Waals surface area contributed by atoms with Crippen molar-refractivity contribution in [2.45, 2.75) is 57.1 Å². The van der Waals surface area contributed by atoms with Gasteiger partial charge < -0.3 is 14.9 Å². The van der Waals surface area contributed by atoms with Crippen LogP contribution in [-0.2, 0) is 4.79 Å². The SMILES string of the molecule is N#Cc1cccnc1N1CCC2(CC1)CCN(C1CCC(O)CC1)C2=O. The number of aromatic nitrogens is 1. The molecule has 6 nitrogen and oxygen atoms in total. The van der Waals surface area contributed by atoms with Crippen molar-refractivity contribution in [1.82, 2.24) is 9.88 Å². The third-order valence-corrected chi connectivity index (χ3v) is 6.58. The summed E-state index contributed by atoms with van der Waals surface area (Å²) in [6, 6.07) is 6.11. The summed E-state index contributed by atoms with van der Waals surface area (Å²) in [5.74, 6) is 1.06. The van der Waals surface area contributed by atoms with Crippen LogP contribution in [0.1, 0.15) is 50.5 Å². The summed E-state index contributed by atoms with van der Waals surface area (Å²) < 4.78 is 0. The second-order valence-corrected chi connectivity index (χ2v) is 7.96. The van der Waals surface area contributed by atoms with Crippen LogP contribution in [0.2, 0.25) is 0 Å². The lowest BCUT2D eigenvalue weighted by molar-refractivity contribution is -0.139. The van der Waals surface area contributed by atoms with Crippen LogP contribution >= 0.6 is 0 Å². The Balaban J connectivity index is 1.42. The fourth-order valence-electron chi connectivity index (χ4n) is 4.91. The van der Waals surface area contributed by atoms with Crippen LogP contribution in [0.25, 0.3) is 0 Å². The summed E-state index contributed by atoms with van der Waals surface area (Å²) in [7, 11) is 0. The number of carbonyl (C=O) groups excluding carboxylic acids is 1. The lowest BCUT2D eigenvalue weighted by atomic mass is 9.77. The van der Waals surface area contributed by atoms with Gasteiger partial charge in [0, 0.05) is 31.9 Å². The first-order valence-electron chi connectivity index (χ1n) is 9.72. The fraction of sp³-hybridized carbons (Fsp3) is 0.650. The summed E-state index contributed by atoms with van der Waals surface area (Å²) >= 11 is 0. The highest BCUT2D eigenvalue weighted by Gasteiger charge is 2.50. The highest BCUT2D eigenvalue weighted by Crippen LogP contribution is 2.44. The molecular formula is C20H26N4O2. The number of aliphatic hydroxyl groups is 1. The van der Waals surface area contributed by atoms with Crippen LogP contribution in [0.3, 0.4) is 0 Å². The van der Waals surface area contributed by atoms with Crippen LogP contribution in [0.15, 0.2) is 18.3 Å². The average Bonchev–Trinajstić information content (AvgIpc) is 2.99. The van der Waals surface area contributed by atoms with Gasteiger partial charge in [0.15, 0.2) is 0 Å². The first kappa shape index (κ1) is 17.3. The minimum atomic E-state index is -0.228. The van der Waals surface area contributed by atoms with E-state index in [1.165, 1.54) is 0 Å². The zero-order valence-electron chi connectivity index (χ0n) is 15.1. The zero-order chi connectivity index (χ0) is 18.1. The van der Waals surface area contributed by atoms with Gasteiger partial charge in [-0.25, -0.2) is 4.98 Å². The van der Waals surface area contributed by atoms with Gasteiger partial charge in [0.1, 0.15) is 11.9 Å². The van der Waals surface area contributed by atoms with Gasteiger partial charge in [-0.15, -0.1) is 0 Å². The lowest BCUT2D eigenvalue weighted by Gasteiger charge is -2.40. The van der Waals surface area contributed by atoms with Crippen LogP contribution in [0.5, 0.6) is 0 Å². The third kappa shape index (κ3) is 2.95. The maximum absolute atomic E-state index is 13.2. The van der Waals surface area contributed by atoms with Gasteiger partial charge in [0.25, 0.3) is 0 Å². The number of rotatable bonds is 2. The van der Waals surface area contributed by atoms with Crippen LogP contribution in [0.4, 0.5) is 5.82 Å². The van der Waals surface area contributed by atoms with E-state index >= 15 is 0 Å². The molecular weight excluding hydrogens is 328 g/mol. The molecule has 3 aliphatic rings. The van der Waals surface area contributed by atoms with Crippen molar-refractivity contribution >= 4 is 11.7 Å². The Morgan fingerprint density at radius 2 is 1.85 bits per heavy atom. The largest absolute Gasteiger partial charge is 0.393 e. The minimum absolute atomic E-state index is 0.186. The van der Waals surface area contributed by atoms with Gasteiger partial charge in [-0.2, -0.15) is 5.26 Å². The highest BCUT2D eigenvalue weighted by molar-refractivity contribution is 5.85. The molecule has 26 heavy (non-hydrogen) atoms. The van der Waals surface area contributed by atoms with Crippen molar-refractivity contribution in [3.8, 4) is 6.07 Å². The predicted octanol–water partition coefficient (Wildman–Crippen LogP) is 2.08. The van der Waals surface area contributed by atoms with Gasteiger partial charge >= 0.3 is 0 Å². The molecule has 4 rings (SSSR count). The highest BCUT2D eigenvalue weighted by atomic mass is 16.3. The Morgan fingerprint density at radius 3 is 2.54 bits per heavy atom. The van der Waals surface area contributed by atoms with Gasteiger partial charge in [0.2, 0.25) is 5.91 Å². The summed E-state index contributed by atoms with van der Waals surface area (Å²) in [6.07, 6.45) is 7.61. The molecule has 3 heterocycles. The molecule has 138 valence electrons. The van der Waals surface area contributed by atoms with Crippen LogP contribution < -0.4 is 4.90 Å². The Morgan fingerprint density at radius 1 is 1.15 bits per heavy atom. The average molecular weight is 354 g/mol. The number of carbonyl (C=O) groups is 1. The normalized spacial score (nSPS) is 28.4. The van der Waals surface area contributed by atoms with Crippen molar-refractivity contribution in [2.24, 2.45) is 5.41 Å². The number of hydrogen-bond acceptors (Lipinski definition) is 5. The first-order chi connectivity index (χ1) is 12.6. The Kier molecular flexibility index (Phi) is 4.58. The minimum Gasteiger partial charge on any atom is -0.393 e. The van der Waals surface area contributed by atoms with Gasteiger partial charge in [-0.1, -0.05) is 0 Å². The van der Waals surface area contributed by atoms with Crippen molar-refractivity contribution in [3.63, 3.8) is 0 Å². The Hall–Kier alpha value is -2.13. The Labute approximate surface area is 154 Å². The lowest BCUT2D eigenvalue weighted by Crippen LogP contribution is -2.47. The number of amides is 1. The second-order valence-electron chi connectivity index (χ2n) is 7.96. The van der Waals surface area contributed by atoms with Gasteiger partial charge in [-0.05, 0) is 57.1 Å². The second kappa shape index (κ2) is 6.88. The molecule has 1 saturated carbocycles. The van der Waals surface area contributed by atoms with Crippen LogP contribution in [-0.4, -0.2) is 52.7 Å². The van der Waals surface area contributed by atoms with E-state index in [4.69, 9.17) is 0 Å². The number of aliphatic hydroxyl groups excluding tert-OH is 1. The van der Waals surface area contributed by atoms with Crippen LogP contribution in [0, 0.1) is 16.7 Å². The third-order valence-electron chi connectivity index (χ3n) is 6.58. The Bertz CT molecular complexity index is 713. The molecule has 0 atom stereocenters. The number of pyridine rings is 1. The quantitative estimate of drug-likeness (QED) is 0.879. The zero-order valence-corrected chi connectivity index (χ0v) is 15.1. The standard InChI is InChI=1S/C20H26N4O2/c21-14-15-2-1-10-22-18(15)23-11-7-20(8-12-23)9-13-24(19(20)26)16-3-5-17(25)6-4-16/h1-2,10,16-17,25H,3-9,11-13H2. The molecule has 3 fully saturated rings. The molecule has 0 radical (unpaired) electrons. The monoisotopic (exact) mass is 354 g/mol. The molecule has 1 aromatic heterocycles. The summed E-state index contributed by atoms with van der Waals surface area (Å²) in [5, 5.41) is 19.0. The smallest absolute Gasteiger partial charge is 0.229 e. The van der Waals surface area contributed by atoms with Crippen molar-refractivity contribution in [1.29, 1.82) is 5.26 Å². The van der Waals surface area contributed by atoms with Gasteiger partial charge in [0.05, 0.1) is 17.1 Å². The number of hydrogen-bond donors (Lipinski definition) is 1. The first-order valence-corrected chi connectivity index (χ1v) is 9.72. The maximum atomic E-state index is 13.2. The summed E-state index contributed by atoms with van der Waals surface area (Å²) in [6.45, 7) is 2.40. The predicted molar refractivity (Wildman–Crippen MR) is 97.4 cm³/mol. The topological polar surface area (TPSA) is 80.5 Å². The molecule has 0 bridgehead atoms. The summed E-state index contributed by atoms with van der Waals surface area (Å²) in [4.78, 5) is 21.8. The molecule has 1 aliphatic carbocycles. The van der Waals surface area contributed by atoms with E-state index in [9.17, 15) is 15.2 Å². The number of nitriles is 1. The number of anilines is 1. The fourth-order valence-corrected chi connectivity index (χ4v) is 4.91. The van der Waals surface area contributed by atoms with E-state index in [0.717, 1.165) is 70.4 Å². The van der Waals surface area contributed by atoms with E-state index in [-0.39, 0.29) is 11.5 Å². The van der Waals surface area contributed by atoms with E-state index < -0.39 is 0 Å². The molecule has 2 aliphatic heterocycles. The number of piperidine rings is 1. The molecule has 1 spiro atoms. The molecule has 1 amide bonds. The molecule has 0 unspecified atom stereocenters. The van der Waals surface area contributed by atoms with E-state index in [1.54, 1.807) is 18.3 Å². The number of likely N-dealkylation sites (tertiary alicyclic amines) is 1. The number of nitrogens with zero attached hydrogens (tertiary/aromatic N) is 4. The molecule has 1 N–H and O–H groups in total. The van der Waals surface area contributed by atoms with Crippen molar-refractivity contribution in [2.75, 3.05) is 24.5 Å². The molecule has 2 saturated heterocycles.